The lowest BCUT2D eigenvalue weighted by Gasteiger charge is -2.48. The molecule has 0 unspecified atom stereocenters. The summed E-state index contributed by atoms with van der Waals surface area (Å²) in [5, 5.41) is 11.7. The molecule has 5 fully saturated rings. The van der Waals surface area contributed by atoms with Crippen molar-refractivity contribution in [1.82, 2.24) is 0 Å². The third kappa shape index (κ3) is 2.08. The van der Waals surface area contributed by atoms with Crippen molar-refractivity contribution in [2.45, 2.75) is 102 Å². The van der Waals surface area contributed by atoms with Crippen molar-refractivity contribution in [3.63, 3.8) is 0 Å². The van der Waals surface area contributed by atoms with E-state index in [1.807, 2.05) is 6.92 Å². The fraction of sp³-hybridized carbons (Fsp3) is 0.733. The van der Waals surface area contributed by atoms with Gasteiger partial charge in [-0.05, 0) is 82.8 Å². The first-order valence-corrected chi connectivity index (χ1v) is 13.9. The minimum Gasteiger partial charge on any atom is -0.461 e. The van der Waals surface area contributed by atoms with Crippen molar-refractivity contribution in [2.75, 3.05) is 0 Å². The summed E-state index contributed by atoms with van der Waals surface area (Å²) in [7, 11) is 0. The van der Waals surface area contributed by atoms with Gasteiger partial charge in [-0.1, -0.05) is 25.2 Å². The quantitative estimate of drug-likeness (QED) is 0.236. The van der Waals surface area contributed by atoms with Crippen LogP contribution in [0.5, 0.6) is 0 Å². The van der Waals surface area contributed by atoms with Crippen LogP contribution in [-0.2, 0) is 23.8 Å². The summed E-state index contributed by atoms with van der Waals surface area (Å²) in [4.78, 5) is 26.9. The monoisotopic (exact) mass is 492 g/mol. The zero-order valence-electron chi connectivity index (χ0n) is 21.7. The van der Waals surface area contributed by atoms with Crippen molar-refractivity contribution >= 4 is 11.9 Å². The fourth-order valence-electron chi connectivity index (χ4n) is 10.9. The van der Waals surface area contributed by atoms with Gasteiger partial charge >= 0.3 is 11.9 Å². The predicted molar refractivity (Wildman–Crippen MR) is 129 cm³/mol. The summed E-state index contributed by atoms with van der Waals surface area (Å²) < 4.78 is 19.0. The molecule has 11 atom stereocenters. The number of hydrogen-bond donors (Lipinski definition) is 1. The van der Waals surface area contributed by atoms with Crippen LogP contribution in [-0.4, -0.2) is 46.1 Å². The van der Waals surface area contributed by atoms with Crippen LogP contribution in [0, 0.1) is 34.5 Å². The first-order valence-electron chi connectivity index (χ1n) is 13.9. The van der Waals surface area contributed by atoms with Crippen LogP contribution >= 0.6 is 0 Å². The van der Waals surface area contributed by atoms with Gasteiger partial charge in [0.2, 0.25) is 0 Å². The second kappa shape index (κ2) is 6.04. The molecule has 0 aromatic heterocycles. The van der Waals surface area contributed by atoms with Crippen LogP contribution in [0.25, 0.3) is 0 Å². The molecule has 2 saturated carbocycles. The van der Waals surface area contributed by atoms with E-state index < -0.39 is 22.5 Å². The molecule has 8 rings (SSSR count). The van der Waals surface area contributed by atoms with E-state index in [9.17, 15) is 14.7 Å². The number of esters is 2. The number of carbonyl (C=O) groups is 2. The molecule has 6 nitrogen and oxygen atoms in total. The Morgan fingerprint density at radius 2 is 1.83 bits per heavy atom. The Labute approximate surface area is 212 Å². The van der Waals surface area contributed by atoms with E-state index in [2.05, 4.69) is 33.4 Å². The Kier molecular flexibility index (Phi) is 3.71. The first-order chi connectivity index (χ1) is 16.9. The second-order valence-electron chi connectivity index (χ2n) is 13.9. The lowest BCUT2D eigenvalue weighted by Crippen LogP contribution is -2.51. The third-order valence-electron chi connectivity index (χ3n) is 12.5. The molecule has 2 bridgehead atoms. The highest BCUT2D eigenvalue weighted by molar-refractivity contribution is 5.92. The van der Waals surface area contributed by atoms with Gasteiger partial charge < -0.3 is 19.3 Å². The average molecular weight is 493 g/mol. The molecule has 0 radical (unpaired) electrons. The number of rotatable bonds is 0. The van der Waals surface area contributed by atoms with E-state index in [0.29, 0.717) is 24.8 Å². The zero-order valence-corrected chi connectivity index (χ0v) is 21.7. The fourth-order valence-corrected chi connectivity index (χ4v) is 10.9. The number of hydrogen-bond acceptors (Lipinski definition) is 6. The smallest absolute Gasteiger partial charge is 0.334 e. The van der Waals surface area contributed by atoms with Crippen LogP contribution in [0.4, 0.5) is 0 Å². The average Bonchev–Trinajstić information content (AvgIpc) is 3.16. The molecule has 3 aliphatic heterocycles. The summed E-state index contributed by atoms with van der Waals surface area (Å²) in [5.41, 5.74) is 1.27. The van der Waals surface area contributed by atoms with Gasteiger partial charge in [-0.15, -0.1) is 0 Å². The van der Waals surface area contributed by atoms with Crippen LogP contribution in [0.15, 0.2) is 34.9 Å². The maximum absolute atomic E-state index is 14.2. The molecular formula is C30H36O6. The topological polar surface area (TPSA) is 85.4 Å². The third-order valence-corrected chi connectivity index (χ3v) is 12.5. The van der Waals surface area contributed by atoms with Gasteiger partial charge in [0.15, 0.2) is 0 Å². The van der Waals surface area contributed by atoms with Crippen LogP contribution < -0.4 is 0 Å². The molecule has 5 aliphatic carbocycles. The summed E-state index contributed by atoms with van der Waals surface area (Å²) in [6, 6.07) is 0. The minimum absolute atomic E-state index is 0.0811. The number of epoxide rings is 1. The molecule has 6 heteroatoms. The van der Waals surface area contributed by atoms with Gasteiger partial charge in [0.1, 0.15) is 17.8 Å². The molecule has 3 heterocycles. The lowest BCUT2D eigenvalue weighted by molar-refractivity contribution is -0.154. The second-order valence-corrected chi connectivity index (χ2v) is 13.9. The zero-order chi connectivity index (χ0) is 25.2. The maximum atomic E-state index is 14.2. The van der Waals surface area contributed by atoms with E-state index in [1.54, 1.807) is 0 Å². The largest absolute Gasteiger partial charge is 0.461 e. The molecule has 0 aromatic carbocycles. The van der Waals surface area contributed by atoms with E-state index in [4.69, 9.17) is 14.2 Å². The Hall–Kier alpha value is -1.92. The van der Waals surface area contributed by atoms with E-state index in [1.165, 1.54) is 5.57 Å². The molecule has 0 amide bonds. The molecular weight excluding hydrogens is 456 g/mol. The summed E-state index contributed by atoms with van der Waals surface area (Å²) >= 11 is 0. The highest BCUT2D eigenvalue weighted by Crippen LogP contribution is 2.78. The van der Waals surface area contributed by atoms with Crippen molar-refractivity contribution in [3.05, 3.63) is 34.9 Å². The van der Waals surface area contributed by atoms with Crippen LogP contribution in [0.3, 0.4) is 0 Å². The summed E-state index contributed by atoms with van der Waals surface area (Å²) in [6.07, 6.45) is 7.12. The molecule has 36 heavy (non-hydrogen) atoms. The minimum atomic E-state index is -0.973. The van der Waals surface area contributed by atoms with Crippen molar-refractivity contribution < 1.29 is 28.9 Å². The van der Waals surface area contributed by atoms with E-state index in [-0.39, 0.29) is 52.9 Å². The normalized spacial score (nSPS) is 57.9. The molecule has 3 saturated heterocycles. The van der Waals surface area contributed by atoms with E-state index in [0.717, 1.165) is 36.8 Å². The maximum Gasteiger partial charge on any atom is 0.334 e. The molecule has 0 aromatic rings. The number of fused-ring (bicyclic) bond motifs is 10. The highest BCUT2D eigenvalue weighted by atomic mass is 16.6. The Morgan fingerprint density at radius 1 is 1.06 bits per heavy atom. The van der Waals surface area contributed by atoms with Gasteiger partial charge in [-0.2, -0.15) is 0 Å². The molecule has 192 valence electrons. The van der Waals surface area contributed by atoms with Crippen LogP contribution in [0.1, 0.15) is 72.6 Å². The number of carbonyl (C=O) groups excluding carboxylic acids is 2. The highest BCUT2D eigenvalue weighted by Gasteiger charge is 2.82. The Morgan fingerprint density at radius 3 is 2.61 bits per heavy atom. The lowest BCUT2D eigenvalue weighted by atomic mass is 9.53. The SMILES string of the molecule is C=C1C(=O)O[C@@H]2C3=C([C@H]4C[C@@]3(C)[C@]3(C4)C(=O)O[C@@H]4[C@H]5C(C)=CC[C@@]56O[C@@]6(C)CC[C@H]43)[C@](C)(O)CC[C@@H]12. The van der Waals surface area contributed by atoms with Crippen LogP contribution in [0.2, 0.25) is 0 Å². The first kappa shape index (κ1) is 22.1. The van der Waals surface area contributed by atoms with Gasteiger partial charge in [0.25, 0.3) is 0 Å². The standard InChI is InChI=1S/C30H36O6/c1-14-6-11-30-19(14)23-18(8-10-28(30,5)36-30)29(25(32)35-23)13-16-12-26(29,3)21-20(16)27(4,33)9-7-17-15(2)24(31)34-22(17)21/h6,16-19,22-23,33H,2,7-13H2,1,3-5H3/t16-,17-,18+,19+,22-,23-,26+,27+,28-,29-,30+/m0/s1. The molecule has 2 spiro atoms. The van der Waals surface area contributed by atoms with Gasteiger partial charge in [0, 0.05) is 28.7 Å². The summed E-state index contributed by atoms with van der Waals surface area (Å²) in [5.74, 6) is -0.288. The molecule has 8 aliphatic rings. The molecule has 1 N–H and O–H groups in total. The Bertz CT molecular complexity index is 1240. The van der Waals surface area contributed by atoms with Crippen molar-refractivity contribution in [1.29, 1.82) is 0 Å². The van der Waals surface area contributed by atoms with Gasteiger partial charge in [0.05, 0.1) is 16.6 Å². The van der Waals surface area contributed by atoms with Crippen molar-refractivity contribution in [2.24, 2.45) is 34.5 Å². The summed E-state index contributed by atoms with van der Waals surface area (Å²) in [6.45, 7) is 12.6. The Balaban J connectivity index is 1.30. The number of aliphatic hydroxyl groups is 1. The van der Waals surface area contributed by atoms with Gasteiger partial charge in [-0.3, -0.25) is 4.79 Å². The van der Waals surface area contributed by atoms with E-state index >= 15 is 0 Å². The van der Waals surface area contributed by atoms with Gasteiger partial charge in [-0.25, -0.2) is 4.79 Å². The van der Waals surface area contributed by atoms with Crippen molar-refractivity contribution in [3.8, 4) is 0 Å². The predicted octanol–water partition coefficient (Wildman–Crippen LogP) is 4.17. The number of ether oxygens (including phenoxy) is 3.